The molecule has 0 atom stereocenters. The maximum Gasteiger partial charge on any atom is 0.257 e. The van der Waals surface area contributed by atoms with Crippen LogP contribution >= 0.6 is 23.1 Å². The first kappa shape index (κ1) is 16.5. The third-order valence-corrected chi connectivity index (χ3v) is 7.25. The van der Waals surface area contributed by atoms with Crippen LogP contribution in [0.4, 0.5) is 0 Å². The average Bonchev–Trinajstić information content (AvgIpc) is 3.35. The molecule has 0 bridgehead atoms. The van der Waals surface area contributed by atoms with Crippen molar-refractivity contribution in [3.8, 4) is 10.8 Å². The maximum absolute atomic E-state index is 5.92. The lowest BCUT2D eigenvalue weighted by Crippen LogP contribution is -2.02. The number of hydrogen-bond donors (Lipinski definition) is 0. The third kappa shape index (κ3) is 3.20. The SMILES string of the molecule is c1c(-c2nnc(CSc3nnc4n3CCCCC4)o2)sc2c1CCCC2. The van der Waals surface area contributed by atoms with E-state index in [9.17, 15) is 0 Å². The summed E-state index contributed by atoms with van der Waals surface area (Å²) in [5.41, 5.74) is 1.47. The van der Waals surface area contributed by atoms with E-state index in [1.54, 1.807) is 11.8 Å². The van der Waals surface area contributed by atoms with Crippen LogP contribution < -0.4 is 0 Å². The summed E-state index contributed by atoms with van der Waals surface area (Å²) in [4.78, 5) is 2.60. The molecule has 0 aromatic carbocycles. The van der Waals surface area contributed by atoms with Crippen LogP contribution in [0, 0.1) is 0 Å². The Morgan fingerprint density at radius 1 is 1.00 bits per heavy atom. The summed E-state index contributed by atoms with van der Waals surface area (Å²) >= 11 is 3.45. The summed E-state index contributed by atoms with van der Waals surface area (Å²) in [6, 6.07) is 2.24. The molecule has 3 aromatic heterocycles. The molecule has 1 aliphatic heterocycles. The monoisotopic (exact) mass is 387 g/mol. The van der Waals surface area contributed by atoms with Gasteiger partial charge in [0, 0.05) is 17.8 Å². The van der Waals surface area contributed by atoms with Crippen LogP contribution in [0.2, 0.25) is 0 Å². The van der Waals surface area contributed by atoms with Gasteiger partial charge in [-0.1, -0.05) is 18.2 Å². The minimum Gasteiger partial charge on any atom is -0.419 e. The first-order valence-corrected chi connectivity index (χ1v) is 11.2. The lowest BCUT2D eigenvalue weighted by molar-refractivity contribution is 0.528. The van der Waals surface area contributed by atoms with Gasteiger partial charge in [-0.3, -0.25) is 0 Å². The predicted molar refractivity (Wildman–Crippen MR) is 101 cm³/mol. The van der Waals surface area contributed by atoms with E-state index in [0.717, 1.165) is 28.8 Å². The van der Waals surface area contributed by atoms with Gasteiger partial charge in [0.05, 0.1) is 10.6 Å². The molecule has 5 rings (SSSR count). The van der Waals surface area contributed by atoms with E-state index >= 15 is 0 Å². The van der Waals surface area contributed by atoms with Gasteiger partial charge in [0.1, 0.15) is 5.82 Å². The van der Waals surface area contributed by atoms with E-state index in [-0.39, 0.29) is 0 Å². The van der Waals surface area contributed by atoms with Gasteiger partial charge in [0.2, 0.25) is 5.89 Å². The lowest BCUT2D eigenvalue weighted by Gasteiger charge is -2.08. The van der Waals surface area contributed by atoms with Crippen molar-refractivity contribution in [2.45, 2.75) is 68.8 Å². The fourth-order valence-electron chi connectivity index (χ4n) is 3.70. The third-order valence-electron chi connectivity index (χ3n) is 5.07. The zero-order chi connectivity index (χ0) is 17.3. The molecule has 4 heterocycles. The Morgan fingerprint density at radius 2 is 1.92 bits per heavy atom. The van der Waals surface area contributed by atoms with Crippen LogP contribution in [0.15, 0.2) is 15.6 Å². The van der Waals surface area contributed by atoms with Gasteiger partial charge in [-0.05, 0) is 50.2 Å². The summed E-state index contributed by atoms with van der Waals surface area (Å²) in [7, 11) is 0. The Kier molecular flexibility index (Phi) is 4.54. The van der Waals surface area contributed by atoms with E-state index in [4.69, 9.17) is 4.42 Å². The molecule has 0 fully saturated rings. The van der Waals surface area contributed by atoms with Crippen LogP contribution in [-0.2, 0) is 31.6 Å². The number of thioether (sulfide) groups is 1. The van der Waals surface area contributed by atoms with E-state index < -0.39 is 0 Å². The van der Waals surface area contributed by atoms with E-state index in [1.807, 2.05) is 11.3 Å². The van der Waals surface area contributed by atoms with Gasteiger partial charge in [-0.2, -0.15) is 0 Å². The van der Waals surface area contributed by atoms with Gasteiger partial charge >= 0.3 is 0 Å². The molecule has 0 unspecified atom stereocenters. The number of nitrogens with zero attached hydrogens (tertiary/aromatic N) is 5. The molecule has 2 aliphatic rings. The minimum atomic E-state index is 0.635. The van der Waals surface area contributed by atoms with Crippen molar-refractivity contribution in [2.24, 2.45) is 0 Å². The van der Waals surface area contributed by atoms with Crippen LogP contribution in [-0.4, -0.2) is 25.0 Å². The topological polar surface area (TPSA) is 69.6 Å². The first-order valence-electron chi connectivity index (χ1n) is 9.36. The molecule has 6 nitrogen and oxygen atoms in total. The number of aromatic nitrogens is 5. The molecular formula is C18H21N5OS2. The van der Waals surface area contributed by atoms with E-state index in [2.05, 4.69) is 31.0 Å². The number of hydrogen-bond acceptors (Lipinski definition) is 7. The number of fused-ring (bicyclic) bond motifs is 2. The van der Waals surface area contributed by atoms with Crippen molar-refractivity contribution in [1.29, 1.82) is 0 Å². The fourth-order valence-corrected chi connectivity index (χ4v) is 5.69. The highest BCUT2D eigenvalue weighted by Gasteiger charge is 2.19. The number of aryl methyl sites for hydroxylation is 3. The van der Waals surface area contributed by atoms with Crippen LogP contribution in [0.25, 0.3) is 10.8 Å². The molecule has 0 N–H and O–H groups in total. The molecule has 1 aliphatic carbocycles. The van der Waals surface area contributed by atoms with Crippen molar-refractivity contribution < 1.29 is 4.42 Å². The molecule has 0 amide bonds. The summed E-state index contributed by atoms with van der Waals surface area (Å²) in [6.45, 7) is 1.01. The summed E-state index contributed by atoms with van der Waals surface area (Å²) in [5.74, 6) is 3.05. The standard InChI is InChI=1S/C18H21N5OS2/c1-2-8-15-19-22-18(23(15)9-5-1)25-11-16-20-21-17(24-16)14-10-12-6-3-4-7-13(12)26-14/h10H,1-9,11H2. The highest BCUT2D eigenvalue weighted by molar-refractivity contribution is 7.98. The largest absolute Gasteiger partial charge is 0.419 e. The van der Waals surface area contributed by atoms with Gasteiger partial charge in [0.25, 0.3) is 5.89 Å². The second kappa shape index (κ2) is 7.15. The smallest absolute Gasteiger partial charge is 0.257 e. The van der Waals surface area contributed by atoms with Crippen molar-refractivity contribution in [3.63, 3.8) is 0 Å². The minimum absolute atomic E-state index is 0.635. The maximum atomic E-state index is 5.92. The predicted octanol–water partition coefficient (Wildman–Crippen LogP) is 4.29. The fraction of sp³-hybridized carbons (Fsp3) is 0.556. The van der Waals surface area contributed by atoms with Crippen molar-refractivity contribution in [3.05, 3.63) is 28.2 Å². The van der Waals surface area contributed by atoms with E-state index in [0.29, 0.717) is 17.5 Å². The highest BCUT2D eigenvalue weighted by Crippen LogP contribution is 2.35. The molecule has 26 heavy (non-hydrogen) atoms. The Bertz CT molecular complexity index is 889. The van der Waals surface area contributed by atoms with Crippen molar-refractivity contribution in [1.82, 2.24) is 25.0 Å². The van der Waals surface area contributed by atoms with Crippen molar-refractivity contribution in [2.75, 3.05) is 0 Å². The quantitative estimate of drug-likeness (QED) is 0.622. The van der Waals surface area contributed by atoms with E-state index in [1.165, 1.54) is 55.4 Å². The molecule has 3 aromatic rings. The normalized spacial score (nSPS) is 16.9. The zero-order valence-corrected chi connectivity index (χ0v) is 16.2. The average molecular weight is 388 g/mol. The Labute approximate surface area is 160 Å². The molecule has 136 valence electrons. The van der Waals surface area contributed by atoms with Crippen LogP contribution in [0.1, 0.15) is 54.3 Å². The first-order chi connectivity index (χ1) is 12.9. The lowest BCUT2D eigenvalue weighted by atomic mass is 9.99. The second-order valence-electron chi connectivity index (χ2n) is 6.92. The van der Waals surface area contributed by atoms with Gasteiger partial charge < -0.3 is 8.98 Å². The van der Waals surface area contributed by atoms with Gasteiger partial charge in [-0.25, -0.2) is 0 Å². The Hall–Kier alpha value is -1.67. The van der Waals surface area contributed by atoms with Crippen LogP contribution in [0.3, 0.4) is 0 Å². The Balaban J connectivity index is 1.29. The van der Waals surface area contributed by atoms with Crippen LogP contribution in [0.5, 0.6) is 0 Å². The van der Waals surface area contributed by atoms with Gasteiger partial charge in [0.15, 0.2) is 5.16 Å². The van der Waals surface area contributed by atoms with Gasteiger partial charge in [-0.15, -0.1) is 31.7 Å². The number of rotatable bonds is 4. The molecular weight excluding hydrogens is 366 g/mol. The summed E-state index contributed by atoms with van der Waals surface area (Å²) < 4.78 is 8.18. The number of thiophene rings is 1. The second-order valence-corrected chi connectivity index (χ2v) is 9.00. The molecule has 8 heteroatoms. The summed E-state index contributed by atoms with van der Waals surface area (Å²) in [6.07, 6.45) is 9.66. The zero-order valence-electron chi connectivity index (χ0n) is 14.6. The molecule has 0 spiro atoms. The molecule has 0 saturated heterocycles. The summed E-state index contributed by atoms with van der Waals surface area (Å²) in [5, 5.41) is 18.2. The highest BCUT2D eigenvalue weighted by atomic mass is 32.2. The molecule has 0 saturated carbocycles. The Morgan fingerprint density at radius 3 is 2.88 bits per heavy atom. The molecule has 0 radical (unpaired) electrons. The van der Waals surface area contributed by atoms with Crippen molar-refractivity contribution >= 4 is 23.1 Å².